The number of pyridine rings is 1. The Morgan fingerprint density at radius 1 is 1.68 bits per heavy atom. The highest BCUT2D eigenvalue weighted by Gasteiger charge is 2.34. The van der Waals surface area contributed by atoms with E-state index in [0.717, 1.165) is 6.42 Å². The fraction of sp³-hybridized carbons (Fsp3) is 0.583. The Hall–Kier alpha value is -1.73. The molecule has 1 saturated heterocycles. The van der Waals surface area contributed by atoms with Crippen molar-refractivity contribution in [3.8, 4) is 0 Å². The number of nitro groups is 1. The van der Waals surface area contributed by atoms with Gasteiger partial charge in [0.15, 0.2) is 0 Å². The molecule has 0 radical (unpaired) electrons. The van der Waals surface area contributed by atoms with Gasteiger partial charge in [-0.25, -0.2) is 4.98 Å². The van der Waals surface area contributed by atoms with Crippen LogP contribution in [0.25, 0.3) is 0 Å². The first-order chi connectivity index (χ1) is 9.06. The molecule has 1 unspecified atom stereocenters. The largest absolute Gasteiger partial charge is 0.378 e. The number of hydrogen-bond acceptors (Lipinski definition) is 6. The highest BCUT2D eigenvalue weighted by Crippen LogP contribution is 2.24. The number of aromatic nitrogens is 1. The zero-order valence-corrected chi connectivity index (χ0v) is 11.0. The van der Waals surface area contributed by atoms with Crippen molar-refractivity contribution in [3.63, 3.8) is 0 Å². The molecule has 0 spiro atoms. The van der Waals surface area contributed by atoms with E-state index in [2.05, 4.69) is 10.3 Å². The van der Waals surface area contributed by atoms with Crippen molar-refractivity contribution >= 4 is 11.5 Å². The highest BCUT2D eigenvalue weighted by molar-refractivity contribution is 5.47. The maximum Gasteiger partial charge on any atom is 0.290 e. The van der Waals surface area contributed by atoms with Gasteiger partial charge in [0.1, 0.15) is 17.6 Å². The Bertz CT molecular complexity index is 472. The van der Waals surface area contributed by atoms with E-state index in [-0.39, 0.29) is 11.3 Å². The maximum atomic E-state index is 10.7. The van der Waals surface area contributed by atoms with Crippen LogP contribution in [0.4, 0.5) is 11.5 Å². The second-order valence-corrected chi connectivity index (χ2v) is 4.66. The molecule has 0 aromatic carbocycles. The third-order valence-corrected chi connectivity index (χ3v) is 3.37. The summed E-state index contributed by atoms with van der Waals surface area (Å²) in [6, 6.07) is 1.66. The van der Waals surface area contributed by atoms with Gasteiger partial charge in [0.05, 0.1) is 11.5 Å². The van der Waals surface area contributed by atoms with Crippen LogP contribution in [0.15, 0.2) is 12.3 Å². The topological polar surface area (TPSA) is 86.5 Å². The van der Waals surface area contributed by atoms with Crippen molar-refractivity contribution in [1.29, 1.82) is 0 Å². The number of methoxy groups -OCH3 is 1. The standard InChI is InChI=1S/C12H17N3O4/c1-9-5-11(13-6-10(9)15(16)17)14-7-12(18-2)3-4-19-8-12/h5-6H,3-4,7-8H2,1-2H3,(H,13,14). The normalized spacial score (nSPS) is 22.4. The van der Waals surface area contributed by atoms with Gasteiger partial charge < -0.3 is 14.8 Å². The van der Waals surface area contributed by atoms with E-state index in [9.17, 15) is 10.1 Å². The number of aryl methyl sites for hydroxylation is 1. The monoisotopic (exact) mass is 267 g/mol. The highest BCUT2D eigenvalue weighted by atomic mass is 16.6. The van der Waals surface area contributed by atoms with Gasteiger partial charge in [-0.05, 0) is 13.0 Å². The van der Waals surface area contributed by atoms with E-state index in [1.54, 1.807) is 20.1 Å². The molecule has 19 heavy (non-hydrogen) atoms. The van der Waals surface area contributed by atoms with Crippen LogP contribution in [0.2, 0.25) is 0 Å². The zero-order valence-electron chi connectivity index (χ0n) is 11.0. The molecule has 2 rings (SSSR count). The lowest BCUT2D eigenvalue weighted by Crippen LogP contribution is -2.39. The van der Waals surface area contributed by atoms with Gasteiger partial charge >= 0.3 is 0 Å². The number of ether oxygens (including phenoxy) is 2. The van der Waals surface area contributed by atoms with Crippen LogP contribution in [0.3, 0.4) is 0 Å². The molecule has 1 aromatic rings. The molecule has 104 valence electrons. The van der Waals surface area contributed by atoms with Crippen molar-refractivity contribution in [1.82, 2.24) is 4.98 Å². The molecule has 0 aliphatic carbocycles. The molecule has 0 bridgehead atoms. The second kappa shape index (κ2) is 5.50. The van der Waals surface area contributed by atoms with Gasteiger partial charge in [0.25, 0.3) is 5.69 Å². The molecule has 2 heterocycles. The molecule has 1 fully saturated rings. The quantitative estimate of drug-likeness (QED) is 0.643. The summed E-state index contributed by atoms with van der Waals surface area (Å²) < 4.78 is 10.8. The van der Waals surface area contributed by atoms with Gasteiger partial charge in [0.2, 0.25) is 0 Å². The number of anilines is 1. The SMILES string of the molecule is COC1(CNc2cc(C)c([N+](=O)[O-])cn2)CCOC1. The molecular weight excluding hydrogens is 250 g/mol. The van der Waals surface area contributed by atoms with E-state index in [0.29, 0.717) is 31.1 Å². The Balaban J connectivity index is 2.03. The molecule has 1 aromatic heterocycles. The second-order valence-electron chi connectivity index (χ2n) is 4.66. The average Bonchev–Trinajstić information content (AvgIpc) is 2.85. The minimum atomic E-state index is -0.437. The molecule has 1 atom stereocenters. The molecule has 1 aliphatic heterocycles. The van der Waals surface area contributed by atoms with Gasteiger partial charge in [-0.3, -0.25) is 10.1 Å². The van der Waals surface area contributed by atoms with Crippen LogP contribution in [-0.4, -0.2) is 42.4 Å². The summed E-state index contributed by atoms with van der Waals surface area (Å²) in [5.41, 5.74) is 0.269. The first-order valence-electron chi connectivity index (χ1n) is 6.04. The number of nitrogens with zero attached hydrogens (tertiary/aromatic N) is 2. The van der Waals surface area contributed by atoms with Crippen molar-refractivity contribution in [3.05, 3.63) is 27.9 Å². The lowest BCUT2D eigenvalue weighted by atomic mass is 10.0. The van der Waals surface area contributed by atoms with Gasteiger partial charge in [-0.2, -0.15) is 0 Å². The predicted molar refractivity (Wildman–Crippen MR) is 69.3 cm³/mol. The fourth-order valence-electron chi connectivity index (χ4n) is 2.05. The third kappa shape index (κ3) is 2.99. The Labute approximate surface area is 111 Å². The van der Waals surface area contributed by atoms with Crippen LogP contribution in [0.1, 0.15) is 12.0 Å². The first-order valence-corrected chi connectivity index (χ1v) is 6.04. The van der Waals surface area contributed by atoms with Gasteiger partial charge in [0, 0.05) is 32.2 Å². The summed E-state index contributed by atoms with van der Waals surface area (Å²) >= 11 is 0. The van der Waals surface area contributed by atoms with Crippen molar-refractivity contribution in [2.24, 2.45) is 0 Å². The van der Waals surface area contributed by atoms with Crippen LogP contribution in [0, 0.1) is 17.0 Å². The van der Waals surface area contributed by atoms with Gasteiger partial charge in [-0.1, -0.05) is 0 Å². The van der Waals surface area contributed by atoms with Crippen molar-refractivity contribution in [2.45, 2.75) is 18.9 Å². The van der Waals surface area contributed by atoms with Crippen LogP contribution < -0.4 is 5.32 Å². The van der Waals surface area contributed by atoms with Crippen LogP contribution in [-0.2, 0) is 9.47 Å². The van der Waals surface area contributed by atoms with Crippen LogP contribution >= 0.6 is 0 Å². The van der Waals surface area contributed by atoms with E-state index in [4.69, 9.17) is 9.47 Å². The summed E-state index contributed by atoms with van der Waals surface area (Å²) in [7, 11) is 1.66. The fourth-order valence-corrected chi connectivity index (χ4v) is 2.05. The molecule has 7 nitrogen and oxygen atoms in total. The molecule has 0 amide bonds. The van der Waals surface area contributed by atoms with Crippen LogP contribution in [0.5, 0.6) is 0 Å². The summed E-state index contributed by atoms with van der Waals surface area (Å²) in [5.74, 6) is 0.603. The summed E-state index contributed by atoms with van der Waals surface area (Å²) in [6.07, 6.45) is 2.09. The Morgan fingerprint density at radius 2 is 2.47 bits per heavy atom. The average molecular weight is 267 g/mol. The lowest BCUT2D eigenvalue weighted by molar-refractivity contribution is -0.385. The minimum Gasteiger partial charge on any atom is -0.378 e. The molecular formula is C12H17N3O4. The first kappa shape index (κ1) is 13.7. The van der Waals surface area contributed by atoms with Gasteiger partial charge in [-0.15, -0.1) is 0 Å². The van der Waals surface area contributed by atoms with Crippen molar-refractivity contribution in [2.75, 3.05) is 32.2 Å². The summed E-state index contributed by atoms with van der Waals surface area (Å²) in [4.78, 5) is 14.3. The van der Waals surface area contributed by atoms with E-state index in [1.807, 2.05) is 0 Å². The Kier molecular flexibility index (Phi) is 3.96. The summed E-state index contributed by atoms with van der Waals surface area (Å²) in [6.45, 7) is 3.48. The summed E-state index contributed by atoms with van der Waals surface area (Å²) in [5, 5.41) is 13.9. The Morgan fingerprint density at radius 3 is 3.00 bits per heavy atom. The predicted octanol–water partition coefficient (Wildman–Crippen LogP) is 1.52. The maximum absolute atomic E-state index is 10.7. The molecule has 1 N–H and O–H groups in total. The minimum absolute atomic E-state index is 0.0243. The lowest BCUT2D eigenvalue weighted by Gasteiger charge is -2.26. The van der Waals surface area contributed by atoms with E-state index < -0.39 is 4.92 Å². The molecule has 1 aliphatic rings. The molecule has 7 heteroatoms. The van der Waals surface area contributed by atoms with Crippen molar-refractivity contribution < 1.29 is 14.4 Å². The third-order valence-electron chi connectivity index (χ3n) is 3.37. The van der Waals surface area contributed by atoms with E-state index >= 15 is 0 Å². The van der Waals surface area contributed by atoms with E-state index in [1.165, 1.54) is 6.20 Å². The number of rotatable bonds is 5. The number of nitrogens with one attached hydrogen (secondary N) is 1. The smallest absolute Gasteiger partial charge is 0.290 e. The number of hydrogen-bond donors (Lipinski definition) is 1. The molecule has 0 saturated carbocycles. The zero-order chi connectivity index (χ0) is 13.9.